The van der Waals surface area contributed by atoms with Crippen LogP contribution in [0.15, 0.2) is 0 Å². The summed E-state index contributed by atoms with van der Waals surface area (Å²) in [6.45, 7) is 0. The molecular formula is C5H8O2S. The fourth-order valence-electron chi connectivity index (χ4n) is 0.770. The second kappa shape index (κ2) is 1.97. The molecule has 8 heavy (non-hydrogen) atoms. The zero-order valence-electron chi connectivity index (χ0n) is 4.37. The lowest BCUT2D eigenvalue weighted by molar-refractivity contribution is -0.144. The molecule has 0 saturated heterocycles. The van der Waals surface area contributed by atoms with Crippen molar-refractivity contribution in [3.05, 3.63) is 0 Å². The highest BCUT2D eigenvalue weighted by molar-refractivity contribution is 7.81. The van der Waals surface area contributed by atoms with Crippen molar-refractivity contribution in [1.82, 2.24) is 0 Å². The van der Waals surface area contributed by atoms with Crippen LogP contribution in [0.1, 0.15) is 12.8 Å². The fourth-order valence-corrected chi connectivity index (χ4v) is 1.20. The lowest BCUT2D eigenvalue weighted by Gasteiger charge is -2.28. The van der Waals surface area contributed by atoms with Crippen LogP contribution in [0.3, 0.4) is 0 Å². The van der Waals surface area contributed by atoms with E-state index in [9.17, 15) is 4.79 Å². The van der Waals surface area contributed by atoms with Gasteiger partial charge in [-0.1, -0.05) is 0 Å². The molecule has 3 heteroatoms. The van der Waals surface area contributed by atoms with Gasteiger partial charge in [0.2, 0.25) is 0 Å². The summed E-state index contributed by atoms with van der Waals surface area (Å²) >= 11 is 4.04. The van der Waals surface area contributed by atoms with Gasteiger partial charge in [0.25, 0.3) is 0 Å². The number of carboxylic acid groups (broad SMARTS) is 1. The molecule has 1 aliphatic carbocycles. The van der Waals surface area contributed by atoms with E-state index in [0.29, 0.717) is 0 Å². The quantitative estimate of drug-likeness (QED) is 0.517. The van der Waals surface area contributed by atoms with E-state index in [1.165, 1.54) is 0 Å². The van der Waals surface area contributed by atoms with Crippen LogP contribution in [0.4, 0.5) is 0 Å². The van der Waals surface area contributed by atoms with Crippen molar-refractivity contribution < 1.29 is 9.90 Å². The molecule has 0 heterocycles. The van der Waals surface area contributed by atoms with Crippen molar-refractivity contribution in [2.24, 2.45) is 5.92 Å². The van der Waals surface area contributed by atoms with Crippen molar-refractivity contribution in [1.29, 1.82) is 0 Å². The third-order valence-corrected chi connectivity index (χ3v) is 2.17. The molecule has 1 N–H and O–H groups in total. The molecular weight excluding hydrogens is 124 g/mol. The van der Waals surface area contributed by atoms with E-state index in [4.69, 9.17) is 5.11 Å². The minimum Gasteiger partial charge on any atom is -0.481 e. The molecule has 0 aromatic carbocycles. The standard InChI is InChI=1S/C5H8O2S/c6-5(7)3-1-2-4(3)8/h3-4,8H,1-2H2,(H,6,7)/t3-,4-/m1/s1. The minimum absolute atomic E-state index is 0.118. The Kier molecular flexibility index (Phi) is 1.47. The molecule has 1 fully saturated rings. The fraction of sp³-hybridized carbons (Fsp3) is 0.800. The minimum atomic E-state index is -0.698. The van der Waals surface area contributed by atoms with Gasteiger partial charge in [0.15, 0.2) is 0 Å². The van der Waals surface area contributed by atoms with Crippen molar-refractivity contribution in [3.63, 3.8) is 0 Å². The molecule has 0 aromatic heterocycles. The van der Waals surface area contributed by atoms with Crippen LogP contribution in [0.25, 0.3) is 0 Å². The third kappa shape index (κ3) is 0.823. The molecule has 2 nitrogen and oxygen atoms in total. The second-order valence-electron chi connectivity index (χ2n) is 2.09. The van der Waals surface area contributed by atoms with Crippen LogP contribution < -0.4 is 0 Å². The SMILES string of the molecule is O=C(O)[C@@H]1CC[C@H]1S. The van der Waals surface area contributed by atoms with Crippen molar-refractivity contribution >= 4 is 18.6 Å². The Morgan fingerprint density at radius 1 is 1.62 bits per heavy atom. The van der Waals surface area contributed by atoms with Gasteiger partial charge in [-0.3, -0.25) is 4.79 Å². The molecule has 0 aliphatic heterocycles. The number of hydrogen-bond acceptors (Lipinski definition) is 2. The molecule has 46 valence electrons. The number of carbonyl (C=O) groups is 1. The predicted octanol–water partition coefficient (Wildman–Crippen LogP) is 0.779. The maximum Gasteiger partial charge on any atom is 0.307 e. The van der Waals surface area contributed by atoms with Crippen LogP contribution in [0.5, 0.6) is 0 Å². The van der Waals surface area contributed by atoms with E-state index in [2.05, 4.69) is 12.6 Å². The molecule has 0 spiro atoms. The van der Waals surface area contributed by atoms with Crippen LogP contribution in [0, 0.1) is 5.92 Å². The number of carboxylic acids is 1. The van der Waals surface area contributed by atoms with Gasteiger partial charge in [-0.25, -0.2) is 0 Å². The lowest BCUT2D eigenvalue weighted by atomic mass is 9.85. The largest absolute Gasteiger partial charge is 0.481 e. The van der Waals surface area contributed by atoms with Crippen molar-refractivity contribution in [3.8, 4) is 0 Å². The second-order valence-corrected chi connectivity index (χ2v) is 2.75. The highest BCUT2D eigenvalue weighted by Gasteiger charge is 2.33. The molecule has 0 amide bonds. The van der Waals surface area contributed by atoms with E-state index >= 15 is 0 Å². The lowest BCUT2D eigenvalue weighted by Crippen LogP contribution is -2.33. The topological polar surface area (TPSA) is 37.3 Å². The monoisotopic (exact) mass is 132 g/mol. The molecule has 0 aromatic rings. The van der Waals surface area contributed by atoms with Crippen molar-refractivity contribution in [2.75, 3.05) is 0 Å². The summed E-state index contributed by atoms with van der Waals surface area (Å²) < 4.78 is 0. The summed E-state index contributed by atoms with van der Waals surface area (Å²) in [6.07, 6.45) is 1.77. The van der Waals surface area contributed by atoms with Gasteiger partial charge in [0.1, 0.15) is 0 Å². The maximum atomic E-state index is 10.1. The first kappa shape index (κ1) is 5.95. The summed E-state index contributed by atoms with van der Waals surface area (Å²) in [5, 5.41) is 8.47. The first-order chi connectivity index (χ1) is 3.72. The first-order valence-corrected chi connectivity index (χ1v) is 3.14. The Bertz CT molecular complexity index is 113. The summed E-state index contributed by atoms with van der Waals surface area (Å²) in [5.41, 5.74) is 0. The normalized spacial score (nSPS) is 36.1. The average Bonchev–Trinajstić information content (AvgIpc) is 1.61. The Labute approximate surface area is 53.3 Å². The summed E-state index contributed by atoms with van der Waals surface area (Å²) in [7, 11) is 0. The van der Waals surface area contributed by atoms with E-state index in [-0.39, 0.29) is 11.2 Å². The van der Waals surface area contributed by atoms with Gasteiger partial charge in [-0.2, -0.15) is 12.6 Å². The zero-order valence-corrected chi connectivity index (χ0v) is 5.27. The van der Waals surface area contributed by atoms with Gasteiger partial charge < -0.3 is 5.11 Å². The van der Waals surface area contributed by atoms with Crippen LogP contribution in [0.2, 0.25) is 0 Å². The maximum absolute atomic E-state index is 10.1. The number of rotatable bonds is 1. The molecule has 0 radical (unpaired) electrons. The van der Waals surface area contributed by atoms with Crippen molar-refractivity contribution in [2.45, 2.75) is 18.1 Å². The van der Waals surface area contributed by atoms with E-state index in [1.807, 2.05) is 0 Å². The first-order valence-electron chi connectivity index (χ1n) is 2.62. The summed E-state index contributed by atoms with van der Waals surface area (Å²) in [5.74, 6) is -0.866. The Morgan fingerprint density at radius 2 is 2.25 bits per heavy atom. The Balaban J connectivity index is 2.37. The summed E-state index contributed by atoms with van der Waals surface area (Å²) in [4.78, 5) is 10.1. The third-order valence-electron chi connectivity index (χ3n) is 1.56. The van der Waals surface area contributed by atoms with Crippen LogP contribution >= 0.6 is 12.6 Å². The van der Waals surface area contributed by atoms with Gasteiger partial charge in [0.05, 0.1) is 5.92 Å². The zero-order chi connectivity index (χ0) is 6.15. The highest BCUT2D eigenvalue weighted by atomic mass is 32.1. The van der Waals surface area contributed by atoms with Crippen LogP contribution in [-0.4, -0.2) is 16.3 Å². The van der Waals surface area contributed by atoms with E-state index < -0.39 is 5.97 Å². The van der Waals surface area contributed by atoms with Gasteiger partial charge >= 0.3 is 5.97 Å². The van der Waals surface area contributed by atoms with E-state index in [0.717, 1.165) is 12.8 Å². The number of aliphatic carboxylic acids is 1. The van der Waals surface area contributed by atoms with E-state index in [1.54, 1.807) is 0 Å². The molecule has 0 unspecified atom stereocenters. The molecule has 0 bridgehead atoms. The Hall–Kier alpha value is -0.180. The Morgan fingerprint density at radius 3 is 2.25 bits per heavy atom. The van der Waals surface area contributed by atoms with Gasteiger partial charge in [-0.15, -0.1) is 0 Å². The average molecular weight is 132 g/mol. The molecule has 1 saturated carbocycles. The molecule has 1 rings (SSSR count). The predicted molar refractivity (Wildman–Crippen MR) is 33.1 cm³/mol. The summed E-state index contributed by atoms with van der Waals surface area (Å²) in [6, 6.07) is 0. The number of hydrogen-bond donors (Lipinski definition) is 2. The smallest absolute Gasteiger partial charge is 0.307 e. The molecule has 2 atom stereocenters. The van der Waals surface area contributed by atoms with Crippen LogP contribution in [-0.2, 0) is 4.79 Å². The van der Waals surface area contributed by atoms with Gasteiger partial charge in [0, 0.05) is 5.25 Å². The molecule has 1 aliphatic rings. The van der Waals surface area contributed by atoms with Gasteiger partial charge in [-0.05, 0) is 12.8 Å². The number of thiol groups is 1. The highest BCUT2D eigenvalue weighted by Crippen LogP contribution is 2.31.